The van der Waals surface area contributed by atoms with E-state index in [1.165, 1.54) is 4.90 Å². The molecule has 1 fully saturated rings. The molecule has 1 atom stereocenters. The van der Waals surface area contributed by atoms with Gasteiger partial charge in [0.15, 0.2) is 0 Å². The molecule has 132 valence electrons. The van der Waals surface area contributed by atoms with Gasteiger partial charge < -0.3 is 15.0 Å². The van der Waals surface area contributed by atoms with Crippen LogP contribution in [0.15, 0.2) is 48.5 Å². The Hall–Kier alpha value is -3.33. The van der Waals surface area contributed by atoms with E-state index in [0.29, 0.717) is 29.3 Å². The van der Waals surface area contributed by atoms with Gasteiger partial charge in [-0.25, -0.2) is 0 Å². The summed E-state index contributed by atoms with van der Waals surface area (Å²) in [5.41, 5.74) is 1.55. The number of carbonyl (C=O) groups excluding carboxylic acids is 2. The second-order valence-corrected chi connectivity index (χ2v) is 5.95. The molecule has 2 aromatic rings. The molecule has 1 unspecified atom stereocenters. The fourth-order valence-corrected chi connectivity index (χ4v) is 3.01. The number of hydrogen-bond acceptors (Lipinski definition) is 4. The fourth-order valence-electron chi connectivity index (χ4n) is 3.01. The molecular formula is C20H19N3O3. The third kappa shape index (κ3) is 3.52. The molecule has 2 aromatic carbocycles. The lowest BCUT2D eigenvalue weighted by Crippen LogP contribution is -2.28. The van der Waals surface area contributed by atoms with E-state index in [2.05, 4.69) is 11.4 Å². The summed E-state index contributed by atoms with van der Waals surface area (Å²) in [6.07, 6.45) is 0.113. The first-order chi connectivity index (χ1) is 12.6. The lowest BCUT2D eigenvalue weighted by Gasteiger charge is -2.18. The van der Waals surface area contributed by atoms with Gasteiger partial charge >= 0.3 is 0 Å². The minimum absolute atomic E-state index is 0.113. The summed E-state index contributed by atoms with van der Waals surface area (Å²) in [4.78, 5) is 26.5. The number of amides is 2. The van der Waals surface area contributed by atoms with E-state index >= 15 is 0 Å². The molecule has 0 aliphatic carbocycles. The number of anilines is 2. The molecule has 0 aromatic heterocycles. The largest absolute Gasteiger partial charge is 0.492 e. The third-order valence-corrected chi connectivity index (χ3v) is 4.26. The van der Waals surface area contributed by atoms with Gasteiger partial charge in [0, 0.05) is 13.0 Å². The molecule has 6 heteroatoms. The van der Waals surface area contributed by atoms with Crippen LogP contribution in [0.3, 0.4) is 0 Å². The normalized spacial score (nSPS) is 16.2. The molecule has 0 radical (unpaired) electrons. The van der Waals surface area contributed by atoms with Gasteiger partial charge in [0.1, 0.15) is 11.8 Å². The average molecular weight is 349 g/mol. The summed E-state index contributed by atoms with van der Waals surface area (Å²) in [5.74, 6) is -0.281. The maximum atomic E-state index is 12.6. The molecule has 1 saturated heterocycles. The highest BCUT2D eigenvalue weighted by Gasteiger charge is 2.36. The second kappa shape index (κ2) is 7.70. The quantitative estimate of drug-likeness (QED) is 0.900. The first kappa shape index (κ1) is 17.5. The van der Waals surface area contributed by atoms with Gasteiger partial charge in [0.25, 0.3) is 0 Å². The number of nitriles is 1. The predicted molar refractivity (Wildman–Crippen MR) is 97.9 cm³/mol. The Kier molecular flexibility index (Phi) is 5.18. The lowest BCUT2D eigenvalue weighted by molar-refractivity contribution is -0.122. The molecule has 1 aliphatic heterocycles. The minimum atomic E-state index is -0.482. The van der Waals surface area contributed by atoms with Crippen LogP contribution in [-0.4, -0.2) is 25.0 Å². The van der Waals surface area contributed by atoms with Gasteiger partial charge in [-0.2, -0.15) is 5.26 Å². The van der Waals surface area contributed by atoms with E-state index in [4.69, 9.17) is 4.74 Å². The molecule has 1 aliphatic rings. The van der Waals surface area contributed by atoms with Crippen LogP contribution in [-0.2, 0) is 9.59 Å². The Morgan fingerprint density at radius 2 is 2.00 bits per heavy atom. The van der Waals surface area contributed by atoms with Crippen LogP contribution in [0.1, 0.15) is 18.9 Å². The highest BCUT2D eigenvalue weighted by molar-refractivity contribution is 6.04. The fraction of sp³-hybridized carbons (Fsp3) is 0.250. The van der Waals surface area contributed by atoms with E-state index in [1.54, 1.807) is 36.4 Å². The van der Waals surface area contributed by atoms with E-state index < -0.39 is 5.92 Å². The van der Waals surface area contributed by atoms with Crippen LogP contribution in [0.5, 0.6) is 5.75 Å². The first-order valence-electron chi connectivity index (χ1n) is 8.46. The Balaban J connectivity index is 1.75. The average Bonchev–Trinajstić information content (AvgIpc) is 3.05. The monoisotopic (exact) mass is 349 g/mol. The van der Waals surface area contributed by atoms with Crippen molar-refractivity contribution in [3.63, 3.8) is 0 Å². The summed E-state index contributed by atoms with van der Waals surface area (Å²) in [7, 11) is 0. The summed E-state index contributed by atoms with van der Waals surface area (Å²) >= 11 is 0. The number of ether oxygens (including phenoxy) is 1. The number of nitrogens with zero attached hydrogens (tertiary/aromatic N) is 2. The van der Waals surface area contributed by atoms with Crippen molar-refractivity contribution in [3.8, 4) is 11.8 Å². The van der Waals surface area contributed by atoms with Gasteiger partial charge in [-0.15, -0.1) is 0 Å². The van der Waals surface area contributed by atoms with Gasteiger partial charge in [-0.1, -0.05) is 24.3 Å². The van der Waals surface area contributed by atoms with Crippen molar-refractivity contribution in [1.29, 1.82) is 5.26 Å². The Bertz CT molecular complexity index is 873. The number of rotatable bonds is 5. The molecular weight excluding hydrogens is 330 g/mol. The molecule has 2 amide bonds. The molecule has 3 rings (SSSR count). The molecule has 1 heterocycles. The van der Waals surface area contributed by atoms with E-state index in [0.717, 1.165) is 0 Å². The Morgan fingerprint density at radius 1 is 1.27 bits per heavy atom. The van der Waals surface area contributed by atoms with Crippen molar-refractivity contribution >= 4 is 23.2 Å². The summed E-state index contributed by atoms with van der Waals surface area (Å²) in [6, 6.07) is 16.2. The summed E-state index contributed by atoms with van der Waals surface area (Å²) < 4.78 is 5.51. The number of carbonyl (C=O) groups is 2. The van der Waals surface area contributed by atoms with Crippen molar-refractivity contribution < 1.29 is 14.3 Å². The van der Waals surface area contributed by atoms with Crippen LogP contribution in [0.4, 0.5) is 11.4 Å². The molecule has 0 spiro atoms. The predicted octanol–water partition coefficient (Wildman–Crippen LogP) is 2.95. The molecule has 0 saturated carbocycles. The highest BCUT2D eigenvalue weighted by Crippen LogP contribution is 2.30. The molecule has 0 bridgehead atoms. The lowest BCUT2D eigenvalue weighted by atomic mass is 10.1. The summed E-state index contributed by atoms with van der Waals surface area (Å²) in [5, 5.41) is 12.1. The zero-order chi connectivity index (χ0) is 18.5. The van der Waals surface area contributed by atoms with Crippen molar-refractivity contribution in [2.45, 2.75) is 13.3 Å². The van der Waals surface area contributed by atoms with Crippen LogP contribution >= 0.6 is 0 Å². The third-order valence-electron chi connectivity index (χ3n) is 4.26. The minimum Gasteiger partial charge on any atom is -0.492 e. The number of benzene rings is 2. The van der Waals surface area contributed by atoms with Crippen LogP contribution in [0.25, 0.3) is 0 Å². The van der Waals surface area contributed by atoms with Gasteiger partial charge in [-0.05, 0) is 31.2 Å². The SMILES string of the molecule is CCOc1ccccc1NC(=O)C1CC(=O)N(c2ccccc2C#N)C1. The van der Waals surface area contributed by atoms with Crippen molar-refractivity contribution in [2.75, 3.05) is 23.4 Å². The van der Waals surface area contributed by atoms with Crippen LogP contribution in [0.2, 0.25) is 0 Å². The first-order valence-corrected chi connectivity index (χ1v) is 8.46. The molecule has 1 N–H and O–H groups in total. The highest BCUT2D eigenvalue weighted by atomic mass is 16.5. The zero-order valence-corrected chi connectivity index (χ0v) is 14.4. The van der Waals surface area contributed by atoms with Gasteiger partial charge in [0.2, 0.25) is 11.8 Å². The van der Waals surface area contributed by atoms with E-state index in [-0.39, 0.29) is 24.8 Å². The molecule has 26 heavy (non-hydrogen) atoms. The van der Waals surface area contributed by atoms with Crippen molar-refractivity contribution in [1.82, 2.24) is 0 Å². The van der Waals surface area contributed by atoms with E-state index in [1.807, 2.05) is 19.1 Å². The maximum absolute atomic E-state index is 12.6. The maximum Gasteiger partial charge on any atom is 0.229 e. The van der Waals surface area contributed by atoms with Crippen molar-refractivity contribution in [2.24, 2.45) is 5.92 Å². The summed E-state index contributed by atoms with van der Waals surface area (Å²) in [6.45, 7) is 2.62. The van der Waals surface area contributed by atoms with Gasteiger partial charge in [0.05, 0.1) is 29.5 Å². The Morgan fingerprint density at radius 3 is 2.77 bits per heavy atom. The van der Waals surface area contributed by atoms with Crippen LogP contribution in [0, 0.1) is 17.2 Å². The second-order valence-electron chi connectivity index (χ2n) is 5.95. The zero-order valence-electron chi connectivity index (χ0n) is 14.4. The van der Waals surface area contributed by atoms with E-state index in [9.17, 15) is 14.9 Å². The Labute approximate surface area is 152 Å². The smallest absolute Gasteiger partial charge is 0.229 e. The topological polar surface area (TPSA) is 82.4 Å². The van der Waals surface area contributed by atoms with Gasteiger partial charge in [-0.3, -0.25) is 9.59 Å². The van der Waals surface area contributed by atoms with Crippen LogP contribution < -0.4 is 15.0 Å². The number of nitrogens with one attached hydrogen (secondary N) is 1. The number of para-hydroxylation sites is 3. The molecule has 6 nitrogen and oxygen atoms in total. The van der Waals surface area contributed by atoms with Crippen molar-refractivity contribution in [3.05, 3.63) is 54.1 Å². The standard InChI is InChI=1S/C20H19N3O3/c1-2-26-18-10-6-4-8-16(18)22-20(25)15-11-19(24)23(13-15)17-9-5-3-7-14(17)12-21/h3-10,15H,2,11,13H2,1H3,(H,22,25). The number of hydrogen-bond donors (Lipinski definition) is 1.